The highest BCUT2D eigenvalue weighted by Crippen LogP contribution is 2.40. The van der Waals surface area contributed by atoms with Crippen LogP contribution in [-0.4, -0.2) is 0 Å². The molecule has 0 aromatic heterocycles. The Labute approximate surface area is 176 Å². The molecule has 4 rings (SSSR count). The highest BCUT2D eigenvalue weighted by Gasteiger charge is 2.25. The Balaban J connectivity index is 1.42. The predicted octanol–water partition coefficient (Wildman–Crippen LogP) is 8.21. The van der Waals surface area contributed by atoms with E-state index in [4.69, 9.17) is 0 Å². The van der Waals surface area contributed by atoms with Gasteiger partial charge in [0.25, 0.3) is 0 Å². The molecule has 2 aliphatic rings. The van der Waals surface area contributed by atoms with Crippen molar-refractivity contribution in [1.29, 1.82) is 0 Å². The number of halogens is 1. The van der Waals surface area contributed by atoms with Crippen LogP contribution in [0, 0.1) is 11.7 Å². The molecule has 0 heterocycles. The van der Waals surface area contributed by atoms with E-state index >= 15 is 4.39 Å². The maximum absolute atomic E-state index is 15.1. The van der Waals surface area contributed by atoms with Crippen LogP contribution in [0.2, 0.25) is 0 Å². The van der Waals surface area contributed by atoms with Crippen molar-refractivity contribution in [2.45, 2.75) is 83.0 Å². The third-order valence-electron chi connectivity index (χ3n) is 7.44. The predicted molar refractivity (Wildman–Crippen MR) is 122 cm³/mol. The highest BCUT2D eigenvalue weighted by molar-refractivity contribution is 5.51. The fraction of sp³-hybridized carbons (Fsp3) is 0.500. The molecule has 154 valence electrons. The number of fused-ring (bicyclic) bond motifs is 1. The molecule has 0 spiro atoms. The first-order valence-corrected chi connectivity index (χ1v) is 11.7. The summed E-state index contributed by atoms with van der Waals surface area (Å²) < 4.78 is 15.1. The molecule has 1 saturated carbocycles. The molecule has 0 amide bonds. The SMILES string of the molecule is C=Cc1ccc2c(c1)CCC(c1ccc(C3CCC(CCCC)CC3)cc1F)C2. The Morgan fingerprint density at radius 3 is 2.52 bits per heavy atom. The maximum Gasteiger partial charge on any atom is 0.126 e. The largest absolute Gasteiger partial charge is 0.207 e. The van der Waals surface area contributed by atoms with Crippen molar-refractivity contribution in [3.8, 4) is 0 Å². The molecule has 0 nitrogen and oxygen atoms in total. The Morgan fingerprint density at radius 1 is 0.966 bits per heavy atom. The standard InChI is InChI=1S/C28H35F/c1-3-5-6-21-8-10-22(11-9-21)25-15-16-27(28(29)19-25)26-14-13-23-17-20(4-2)7-12-24(23)18-26/h4,7,12,15-17,19,21-22,26H,2-3,5-6,8-11,13-14,18H2,1H3. The second-order valence-corrected chi connectivity index (χ2v) is 9.31. The smallest absolute Gasteiger partial charge is 0.126 e. The van der Waals surface area contributed by atoms with Gasteiger partial charge in [0.2, 0.25) is 0 Å². The van der Waals surface area contributed by atoms with E-state index in [-0.39, 0.29) is 5.82 Å². The van der Waals surface area contributed by atoms with Crippen LogP contribution in [0.4, 0.5) is 4.39 Å². The highest BCUT2D eigenvalue weighted by atomic mass is 19.1. The van der Waals surface area contributed by atoms with E-state index < -0.39 is 0 Å². The fourth-order valence-electron chi connectivity index (χ4n) is 5.57. The van der Waals surface area contributed by atoms with E-state index in [1.807, 2.05) is 12.1 Å². The van der Waals surface area contributed by atoms with Gasteiger partial charge in [-0.1, -0.05) is 69.2 Å². The monoisotopic (exact) mass is 390 g/mol. The van der Waals surface area contributed by atoms with Crippen LogP contribution in [0.25, 0.3) is 6.08 Å². The summed E-state index contributed by atoms with van der Waals surface area (Å²) in [6.45, 7) is 6.15. The zero-order chi connectivity index (χ0) is 20.2. The number of unbranched alkanes of at least 4 members (excludes halogenated alkanes) is 1. The molecule has 0 bridgehead atoms. The van der Waals surface area contributed by atoms with Gasteiger partial charge in [-0.05, 0) is 96.6 Å². The molecule has 1 atom stereocenters. The Bertz CT molecular complexity index is 841. The topological polar surface area (TPSA) is 0 Å². The van der Waals surface area contributed by atoms with E-state index in [1.54, 1.807) is 0 Å². The van der Waals surface area contributed by atoms with Crippen molar-refractivity contribution in [2.24, 2.45) is 5.92 Å². The summed E-state index contributed by atoms with van der Waals surface area (Å²) in [5.74, 6) is 1.78. The first-order chi connectivity index (χ1) is 14.2. The van der Waals surface area contributed by atoms with Crippen LogP contribution in [0.15, 0.2) is 43.0 Å². The minimum atomic E-state index is 0.0202. The minimum absolute atomic E-state index is 0.0202. The van der Waals surface area contributed by atoms with Crippen LogP contribution in [0.5, 0.6) is 0 Å². The quantitative estimate of drug-likeness (QED) is 0.466. The third kappa shape index (κ3) is 4.65. The van der Waals surface area contributed by atoms with Gasteiger partial charge in [-0.2, -0.15) is 0 Å². The second-order valence-electron chi connectivity index (χ2n) is 9.31. The summed E-state index contributed by atoms with van der Waals surface area (Å²) >= 11 is 0. The van der Waals surface area contributed by atoms with Crippen LogP contribution in [0.3, 0.4) is 0 Å². The number of hydrogen-bond donors (Lipinski definition) is 0. The molecule has 1 fully saturated rings. The molecule has 0 N–H and O–H groups in total. The average Bonchev–Trinajstić information content (AvgIpc) is 2.77. The summed E-state index contributed by atoms with van der Waals surface area (Å²) in [4.78, 5) is 0. The van der Waals surface area contributed by atoms with Gasteiger partial charge >= 0.3 is 0 Å². The summed E-state index contributed by atoms with van der Waals surface area (Å²) in [5, 5.41) is 0. The van der Waals surface area contributed by atoms with Gasteiger partial charge in [-0.3, -0.25) is 0 Å². The van der Waals surface area contributed by atoms with E-state index in [2.05, 4.69) is 43.8 Å². The Morgan fingerprint density at radius 2 is 1.79 bits per heavy atom. The van der Waals surface area contributed by atoms with E-state index in [9.17, 15) is 0 Å². The molecule has 2 aromatic rings. The first kappa shape index (κ1) is 20.4. The lowest BCUT2D eigenvalue weighted by atomic mass is 9.76. The number of rotatable bonds is 6. The first-order valence-electron chi connectivity index (χ1n) is 11.7. The molecule has 1 unspecified atom stereocenters. The van der Waals surface area contributed by atoms with Crippen LogP contribution in [-0.2, 0) is 12.8 Å². The molecule has 2 aliphatic carbocycles. The molecular formula is C28H35F. The summed E-state index contributed by atoms with van der Waals surface area (Å²) in [6.07, 6.45) is 14.1. The zero-order valence-electron chi connectivity index (χ0n) is 17.9. The van der Waals surface area contributed by atoms with Gasteiger partial charge in [0.1, 0.15) is 5.82 Å². The maximum atomic E-state index is 15.1. The van der Waals surface area contributed by atoms with Gasteiger partial charge in [-0.25, -0.2) is 4.39 Å². The molecule has 0 saturated heterocycles. The Hall–Kier alpha value is -1.89. The lowest BCUT2D eigenvalue weighted by Gasteiger charge is -2.30. The molecule has 0 radical (unpaired) electrons. The van der Waals surface area contributed by atoms with Crippen LogP contribution < -0.4 is 0 Å². The van der Waals surface area contributed by atoms with Gasteiger partial charge in [0.05, 0.1) is 0 Å². The summed E-state index contributed by atoms with van der Waals surface area (Å²) in [6, 6.07) is 12.8. The third-order valence-corrected chi connectivity index (χ3v) is 7.44. The fourth-order valence-corrected chi connectivity index (χ4v) is 5.57. The summed E-state index contributed by atoms with van der Waals surface area (Å²) in [5.41, 5.74) is 6.12. The number of aryl methyl sites for hydroxylation is 1. The van der Waals surface area contributed by atoms with Crippen molar-refractivity contribution < 1.29 is 4.39 Å². The van der Waals surface area contributed by atoms with Crippen LogP contribution in [0.1, 0.15) is 97.9 Å². The number of hydrogen-bond acceptors (Lipinski definition) is 0. The van der Waals surface area contributed by atoms with Crippen molar-refractivity contribution in [3.63, 3.8) is 0 Å². The molecule has 2 aromatic carbocycles. The van der Waals surface area contributed by atoms with Crippen LogP contribution >= 0.6 is 0 Å². The van der Waals surface area contributed by atoms with Crippen molar-refractivity contribution in [2.75, 3.05) is 0 Å². The van der Waals surface area contributed by atoms with Crippen molar-refractivity contribution in [1.82, 2.24) is 0 Å². The van der Waals surface area contributed by atoms with E-state index in [0.717, 1.165) is 30.7 Å². The van der Waals surface area contributed by atoms with Crippen molar-refractivity contribution in [3.05, 3.63) is 76.6 Å². The molecule has 1 heteroatoms. The second kappa shape index (κ2) is 9.28. The average molecular weight is 391 g/mol. The van der Waals surface area contributed by atoms with Gasteiger partial charge in [0.15, 0.2) is 0 Å². The minimum Gasteiger partial charge on any atom is -0.207 e. The Kier molecular flexibility index (Phi) is 6.53. The molecule has 0 aliphatic heterocycles. The molecular weight excluding hydrogens is 355 g/mol. The van der Waals surface area contributed by atoms with Gasteiger partial charge < -0.3 is 0 Å². The van der Waals surface area contributed by atoms with Crippen molar-refractivity contribution >= 4 is 6.08 Å². The lowest BCUT2D eigenvalue weighted by molar-refractivity contribution is 0.304. The lowest BCUT2D eigenvalue weighted by Crippen LogP contribution is -2.16. The zero-order valence-corrected chi connectivity index (χ0v) is 17.9. The molecule has 29 heavy (non-hydrogen) atoms. The normalized spacial score (nSPS) is 24.1. The van der Waals surface area contributed by atoms with E-state index in [0.29, 0.717) is 11.8 Å². The summed E-state index contributed by atoms with van der Waals surface area (Å²) in [7, 11) is 0. The number of benzene rings is 2. The van der Waals surface area contributed by atoms with Gasteiger partial charge in [0, 0.05) is 0 Å². The van der Waals surface area contributed by atoms with Gasteiger partial charge in [-0.15, -0.1) is 0 Å². The van der Waals surface area contributed by atoms with E-state index in [1.165, 1.54) is 67.2 Å².